The summed E-state index contributed by atoms with van der Waals surface area (Å²) in [6.45, 7) is 1.96. The fourth-order valence-electron chi connectivity index (χ4n) is 2.57. The second-order valence-electron chi connectivity index (χ2n) is 5.93. The highest BCUT2D eigenvalue weighted by Crippen LogP contribution is 2.30. The van der Waals surface area contributed by atoms with Crippen molar-refractivity contribution < 1.29 is 19.4 Å². The molecular formula is C16H23N3O4. The van der Waals surface area contributed by atoms with E-state index in [1.807, 2.05) is 0 Å². The molecule has 7 nitrogen and oxygen atoms in total. The minimum atomic E-state index is -0.827. The Hall–Kier alpha value is -2.15. The molecule has 0 saturated heterocycles. The molecule has 1 atom stereocenters. The van der Waals surface area contributed by atoms with Crippen LogP contribution in [0, 0.1) is 5.92 Å². The normalized spacial score (nSPS) is 16.6. The summed E-state index contributed by atoms with van der Waals surface area (Å²) in [6, 6.07) is 0.675. The number of nitrogens with zero attached hydrogens (tertiary/aromatic N) is 1. The fourth-order valence-corrected chi connectivity index (χ4v) is 2.57. The average Bonchev–Trinajstić information content (AvgIpc) is 2.54. The summed E-state index contributed by atoms with van der Waals surface area (Å²) in [5, 5.41) is 12.2. The molecule has 0 spiro atoms. The third-order valence-electron chi connectivity index (χ3n) is 3.95. The monoisotopic (exact) mass is 321 g/mol. The Labute approximate surface area is 135 Å². The van der Waals surface area contributed by atoms with Crippen LogP contribution >= 0.6 is 0 Å². The summed E-state index contributed by atoms with van der Waals surface area (Å²) in [4.78, 5) is 27.2. The van der Waals surface area contributed by atoms with Gasteiger partial charge in [-0.1, -0.05) is 19.3 Å². The van der Waals surface area contributed by atoms with E-state index in [0.29, 0.717) is 12.5 Å². The molecule has 1 heterocycles. The Kier molecular flexibility index (Phi) is 5.92. The fraction of sp³-hybridized carbons (Fsp3) is 0.562. The zero-order valence-electron chi connectivity index (χ0n) is 13.2. The van der Waals surface area contributed by atoms with Gasteiger partial charge in [-0.05, 0) is 25.7 Å². The molecule has 0 aliphatic heterocycles. The summed E-state index contributed by atoms with van der Waals surface area (Å²) in [6.07, 6.45) is 7.24. The molecule has 1 saturated carbocycles. The third kappa shape index (κ3) is 4.66. The molecule has 2 rings (SSSR count). The smallest absolute Gasteiger partial charge is 0.280 e. The molecule has 1 aromatic rings. The van der Waals surface area contributed by atoms with Crippen LogP contribution in [0.15, 0.2) is 12.3 Å². The number of hydrogen-bond acceptors (Lipinski definition) is 6. The quantitative estimate of drug-likeness (QED) is 0.754. The van der Waals surface area contributed by atoms with Gasteiger partial charge in [-0.15, -0.1) is 0 Å². The van der Waals surface area contributed by atoms with Gasteiger partial charge in [0.2, 0.25) is 5.91 Å². The second-order valence-corrected chi connectivity index (χ2v) is 5.93. The first kappa shape index (κ1) is 17.2. The lowest BCUT2D eigenvalue weighted by molar-refractivity contribution is -0.121. The van der Waals surface area contributed by atoms with E-state index in [-0.39, 0.29) is 17.2 Å². The van der Waals surface area contributed by atoms with E-state index in [4.69, 9.17) is 10.5 Å². The summed E-state index contributed by atoms with van der Waals surface area (Å²) in [7, 11) is 0. The van der Waals surface area contributed by atoms with Gasteiger partial charge < -0.3 is 15.6 Å². The van der Waals surface area contributed by atoms with E-state index < -0.39 is 17.9 Å². The van der Waals surface area contributed by atoms with Gasteiger partial charge in [0, 0.05) is 12.3 Å². The zero-order valence-corrected chi connectivity index (χ0v) is 13.2. The van der Waals surface area contributed by atoms with Crippen LogP contribution in [0.25, 0.3) is 0 Å². The molecule has 23 heavy (non-hydrogen) atoms. The van der Waals surface area contributed by atoms with Crippen molar-refractivity contribution in [1.29, 1.82) is 0 Å². The number of carbonyl (C=O) groups is 2. The van der Waals surface area contributed by atoms with Gasteiger partial charge in [-0.3, -0.25) is 14.9 Å². The maximum Gasteiger partial charge on any atom is 0.280 e. The van der Waals surface area contributed by atoms with Gasteiger partial charge >= 0.3 is 0 Å². The lowest BCUT2D eigenvalue weighted by Gasteiger charge is -2.22. The zero-order chi connectivity index (χ0) is 16.8. The molecule has 1 aromatic heterocycles. The Morgan fingerprint density at radius 3 is 2.78 bits per heavy atom. The van der Waals surface area contributed by atoms with Crippen LogP contribution in [0.1, 0.15) is 49.5 Å². The van der Waals surface area contributed by atoms with Gasteiger partial charge in [0.15, 0.2) is 17.2 Å². The molecule has 0 bridgehead atoms. The third-order valence-corrected chi connectivity index (χ3v) is 3.95. The van der Waals surface area contributed by atoms with Gasteiger partial charge in [-0.2, -0.15) is 0 Å². The van der Waals surface area contributed by atoms with Crippen molar-refractivity contribution in [1.82, 2.24) is 10.3 Å². The molecule has 4 N–H and O–H groups in total. The maximum absolute atomic E-state index is 12.0. The first-order valence-electron chi connectivity index (χ1n) is 7.90. The number of imide groups is 1. The standard InChI is InChI=1S/C16H23N3O4/c1-10(17)15(21)19-16(22)13-14(20)12(7-8-18-13)23-9-11-5-3-2-4-6-11/h7-8,10-11,20H,2-6,9,17H2,1H3,(H,19,21,22)/t10-/m0/s1. The lowest BCUT2D eigenvalue weighted by Crippen LogP contribution is -2.41. The van der Waals surface area contributed by atoms with Crippen LogP contribution in [0.4, 0.5) is 0 Å². The van der Waals surface area contributed by atoms with Crippen molar-refractivity contribution in [3.8, 4) is 11.5 Å². The first-order chi connectivity index (χ1) is 11.0. The number of hydrogen-bond donors (Lipinski definition) is 3. The molecule has 126 valence electrons. The highest BCUT2D eigenvalue weighted by molar-refractivity contribution is 6.06. The van der Waals surface area contributed by atoms with Crippen LogP contribution in [0.5, 0.6) is 11.5 Å². The number of carbonyl (C=O) groups excluding carboxylic acids is 2. The maximum atomic E-state index is 12.0. The number of ether oxygens (including phenoxy) is 1. The van der Waals surface area contributed by atoms with Gasteiger partial charge in [0.25, 0.3) is 5.91 Å². The molecule has 0 unspecified atom stereocenters. The van der Waals surface area contributed by atoms with Gasteiger partial charge in [0.1, 0.15) is 0 Å². The molecule has 1 aliphatic carbocycles. The predicted octanol–water partition coefficient (Wildman–Crippen LogP) is 1.35. The van der Waals surface area contributed by atoms with Crippen LogP contribution in [-0.2, 0) is 4.79 Å². The van der Waals surface area contributed by atoms with Gasteiger partial charge in [0.05, 0.1) is 12.6 Å². The van der Waals surface area contributed by atoms with Crippen LogP contribution in [-0.4, -0.2) is 34.6 Å². The summed E-state index contributed by atoms with van der Waals surface area (Å²) in [5.41, 5.74) is 5.14. The second kappa shape index (κ2) is 7.92. The number of nitrogens with one attached hydrogen (secondary N) is 1. The van der Waals surface area contributed by atoms with E-state index >= 15 is 0 Å². The predicted molar refractivity (Wildman–Crippen MR) is 84.1 cm³/mol. The molecule has 0 radical (unpaired) electrons. The van der Waals surface area contributed by atoms with E-state index in [0.717, 1.165) is 12.8 Å². The largest absolute Gasteiger partial charge is 0.503 e. The van der Waals surface area contributed by atoms with E-state index in [9.17, 15) is 14.7 Å². The Morgan fingerprint density at radius 2 is 2.13 bits per heavy atom. The van der Waals surface area contributed by atoms with Crippen molar-refractivity contribution >= 4 is 11.8 Å². The van der Waals surface area contributed by atoms with Crippen molar-refractivity contribution in [3.05, 3.63) is 18.0 Å². The molecule has 1 aliphatic rings. The highest BCUT2D eigenvalue weighted by atomic mass is 16.5. The Morgan fingerprint density at radius 1 is 1.43 bits per heavy atom. The SMILES string of the molecule is C[C@H](N)C(=O)NC(=O)c1nccc(OCC2CCCCC2)c1O. The topological polar surface area (TPSA) is 115 Å². The minimum Gasteiger partial charge on any atom is -0.503 e. The van der Waals surface area contributed by atoms with Crippen molar-refractivity contribution in [3.63, 3.8) is 0 Å². The molecule has 1 fully saturated rings. The molecule has 7 heteroatoms. The van der Waals surface area contributed by atoms with Crippen LogP contribution in [0.2, 0.25) is 0 Å². The van der Waals surface area contributed by atoms with Gasteiger partial charge in [-0.25, -0.2) is 4.98 Å². The van der Waals surface area contributed by atoms with Crippen LogP contribution < -0.4 is 15.8 Å². The van der Waals surface area contributed by atoms with Crippen molar-refractivity contribution in [2.75, 3.05) is 6.61 Å². The van der Waals surface area contributed by atoms with E-state index in [1.165, 1.54) is 38.4 Å². The summed E-state index contributed by atoms with van der Waals surface area (Å²) < 4.78 is 5.64. The molecular weight excluding hydrogens is 298 g/mol. The van der Waals surface area contributed by atoms with Crippen molar-refractivity contribution in [2.45, 2.75) is 45.1 Å². The molecule has 0 aromatic carbocycles. The van der Waals surface area contributed by atoms with E-state index in [1.54, 1.807) is 0 Å². The number of aromatic nitrogens is 1. The summed E-state index contributed by atoms with van der Waals surface area (Å²) >= 11 is 0. The first-order valence-corrected chi connectivity index (χ1v) is 7.90. The number of pyridine rings is 1. The number of nitrogens with two attached hydrogens (primary N) is 1. The Bertz CT molecular complexity index is 568. The van der Waals surface area contributed by atoms with E-state index in [2.05, 4.69) is 10.3 Å². The molecule has 2 amide bonds. The number of aromatic hydroxyl groups is 1. The Balaban J connectivity index is 2.02. The number of rotatable bonds is 5. The summed E-state index contributed by atoms with van der Waals surface area (Å²) in [5.74, 6) is -1.13. The minimum absolute atomic E-state index is 0.198. The van der Waals surface area contributed by atoms with Crippen molar-refractivity contribution in [2.24, 2.45) is 11.7 Å². The average molecular weight is 321 g/mol. The number of amides is 2. The highest BCUT2D eigenvalue weighted by Gasteiger charge is 2.21. The van der Waals surface area contributed by atoms with Crippen LogP contribution in [0.3, 0.4) is 0 Å². The lowest BCUT2D eigenvalue weighted by atomic mass is 9.90.